The minimum absolute atomic E-state index is 0.0895. The highest BCUT2D eigenvalue weighted by molar-refractivity contribution is 6.00. The lowest BCUT2D eigenvalue weighted by atomic mass is 10.1. The SMILES string of the molecule is O=C(CCc1ccccc1)Nc1cnc2c(C(=O)N3CCN(c4ccccc4)CC3)cccn2c1=O. The molecule has 3 heterocycles. The van der Waals surface area contributed by atoms with Crippen LogP contribution in [0.2, 0.25) is 0 Å². The van der Waals surface area contributed by atoms with E-state index in [-0.39, 0.29) is 29.6 Å². The highest BCUT2D eigenvalue weighted by Gasteiger charge is 2.24. The van der Waals surface area contributed by atoms with Gasteiger partial charge in [-0.25, -0.2) is 4.98 Å². The van der Waals surface area contributed by atoms with Crippen LogP contribution in [0.25, 0.3) is 5.65 Å². The zero-order valence-electron chi connectivity index (χ0n) is 19.8. The van der Waals surface area contributed by atoms with Crippen molar-refractivity contribution in [3.05, 3.63) is 107 Å². The van der Waals surface area contributed by atoms with Gasteiger partial charge in [0.15, 0.2) is 5.65 Å². The van der Waals surface area contributed by atoms with Gasteiger partial charge in [0.2, 0.25) is 5.91 Å². The molecule has 0 atom stereocenters. The summed E-state index contributed by atoms with van der Waals surface area (Å²) in [5, 5.41) is 2.67. The third-order valence-corrected chi connectivity index (χ3v) is 6.41. The number of piperazine rings is 1. The minimum Gasteiger partial charge on any atom is -0.368 e. The van der Waals surface area contributed by atoms with E-state index in [0.717, 1.165) is 24.3 Å². The van der Waals surface area contributed by atoms with Crippen LogP contribution in [-0.4, -0.2) is 52.3 Å². The van der Waals surface area contributed by atoms with Crippen LogP contribution < -0.4 is 15.8 Å². The number of hydrogen-bond acceptors (Lipinski definition) is 5. The summed E-state index contributed by atoms with van der Waals surface area (Å²) in [7, 11) is 0. The van der Waals surface area contributed by atoms with E-state index in [9.17, 15) is 14.4 Å². The topological polar surface area (TPSA) is 87.0 Å². The molecule has 0 spiro atoms. The lowest BCUT2D eigenvalue weighted by Gasteiger charge is -2.36. The molecule has 1 aliphatic heterocycles. The van der Waals surface area contributed by atoms with E-state index in [2.05, 4.69) is 27.3 Å². The van der Waals surface area contributed by atoms with Crippen molar-refractivity contribution in [1.29, 1.82) is 0 Å². The summed E-state index contributed by atoms with van der Waals surface area (Å²) in [5.74, 6) is -0.423. The van der Waals surface area contributed by atoms with Crippen LogP contribution in [-0.2, 0) is 11.2 Å². The van der Waals surface area contributed by atoms with Crippen molar-refractivity contribution >= 4 is 28.8 Å². The molecular formula is C28H27N5O3. The molecule has 1 saturated heterocycles. The molecule has 0 saturated carbocycles. The molecular weight excluding hydrogens is 454 g/mol. The second kappa shape index (κ2) is 10.4. The van der Waals surface area contributed by atoms with Crippen molar-refractivity contribution in [2.45, 2.75) is 12.8 Å². The van der Waals surface area contributed by atoms with Crippen molar-refractivity contribution in [3.63, 3.8) is 0 Å². The summed E-state index contributed by atoms with van der Waals surface area (Å²) in [5.41, 5.74) is 2.50. The van der Waals surface area contributed by atoms with Gasteiger partial charge in [-0.05, 0) is 36.2 Å². The van der Waals surface area contributed by atoms with Crippen LogP contribution >= 0.6 is 0 Å². The normalized spacial score (nSPS) is 13.6. The lowest BCUT2D eigenvalue weighted by molar-refractivity contribution is -0.116. The highest BCUT2D eigenvalue weighted by Crippen LogP contribution is 2.18. The molecule has 182 valence electrons. The molecule has 0 bridgehead atoms. The first kappa shape index (κ1) is 23.3. The summed E-state index contributed by atoms with van der Waals surface area (Å²) in [6.45, 7) is 2.61. The molecule has 0 unspecified atom stereocenters. The highest BCUT2D eigenvalue weighted by atomic mass is 16.2. The smallest absolute Gasteiger partial charge is 0.281 e. The molecule has 1 N–H and O–H groups in total. The Hall–Kier alpha value is -4.46. The number of aromatic nitrogens is 2. The maximum atomic E-state index is 13.3. The number of hydrogen-bond donors (Lipinski definition) is 1. The molecule has 2 amide bonds. The van der Waals surface area contributed by atoms with Gasteiger partial charge in [0, 0.05) is 44.5 Å². The monoisotopic (exact) mass is 481 g/mol. The molecule has 36 heavy (non-hydrogen) atoms. The Labute approximate surface area is 208 Å². The Balaban J connectivity index is 1.28. The number of amides is 2. The number of carbonyl (C=O) groups excluding carboxylic acids is 2. The van der Waals surface area contributed by atoms with E-state index in [1.54, 1.807) is 23.2 Å². The van der Waals surface area contributed by atoms with Gasteiger partial charge in [-0.2, -0.15) is 0 Å². The Kier molecular flexibility index (Phi) is 6.75. The number of aryl methyl sites for hydroxylation is 1. The third-order valence-electron chi connectivity index (χ3n) is 6.41. The Morgan fingerprint density at radius 3 is 2.28 bits per heavy atom. The molecule has 2 aromatic carbocycles. The van der Waals surface area contributed by atoms with Crippen LogP contribution in [0, 0.1) is 0 Å². The number of carbonyl (C=O) groups is 2. The first-order chi connectivity index (χ1) is 17.6. The maximum Gasteiger partial charge on any atom is 0.281 e. The summed E-state index contributed by atoms with van der Waals surface area (Å²) in [6.07, 6.45) is 3.72. The molecule has 8 nitrogen and oxygen atoms in total. The summed E-state index contributed by atoms with van der Waals surface area (Å²) < 4.78 is 1.32. The van der Waals surface area contributed by atoms with Crippen LogP contribution in [0.5, 0.6) is 0 Å². The van der Waals surface area contributed by atoms with E-state index in [1.165, 1.54) is 10.6 Å². The molecule has 1 aliphatic rings. The Morgan fingerprint density at radius 1 is 0.861 bits per heavy atom. The zero-order valence-corrected chi connectivity index (χ0v) is 19.8. The van der Waals surface area contributed by atoms with Crippen molar-refractivity contribution in [2.75, 3.05) is 36.4 Å². The van der Waals surface area contributed by atoms with Crippen molar-refractivity contribution in [1.82, 2.24) is 14.3 Å². The van der Waals surface area contributed by atoms with Crippen LogP contribution in [0.15, 0.2) is 90.0 Å². The van der Waals surface area contributed by atoms with Crippen LogP contribution in [0.1, 0.15) is 22.3 Å². The summed E-state index contributed by atoms with van der Waals surface area (Å²) in [4.78, 5) is 47.3. The fourth-order valence-corrected chi connectivity index (χ4v) is 4.45. The number of fused-ring (bicyclic) bond motifs is 1. The number of nitrogens with one attached hydrogen (secondary N) is 1. The van der Waals surface area contributed by atoms with Crippen molar-refractivity contribution in [2.24, 2.45) is 0 Å². The number of anilines is 2. The van der Waals surface area contributed by atoms with Crippen LogP contribution in [0.4, 0.5) is 11.4 Å². The standard InChI is InChI=1S/C28H27N5O3/c34-25(14-13-21-8-3-1-4-9-21)30-24-20-29-26-23(12-7-15-33(26)28(24)36)27(35)32-18-16-31(17-19-32)22-10-5-2-6-11-22/h1-12,15,20H,13-14,16-19H2,(H,30,34). The van der Waals surface area contributed by atoms with Crippen LogP contribution in [0.3, 0.4) is 0 Å². The summed E-state index contributed by atoms with van der Waals surface area (Å²) >= 11 is 0. The molecule has 4 aromatic rings. The number of para-hydroxylation sites is 1. The van der Waals surface area contributed by atoms with Crippen molar-refractivity contribution in [3.8, 4) is 0 Å². The van der Waals surface area contributed by atoms with E-state index in [4.69, 9.17) is 0 Å². The van der Waals surface area contributed by atoms with Gasteiger partial charge < -0.3 is 15.1 Å². The van der Waals surface area contributed by atoms with Crippen molar-refractivity contribution < 1.29 is 9.59 Å². The number of pyridine rings is 1. The maximum absolute atomic E-state index is 13.3. The number of benzene rings is 2. The molecule has 8 heteroatoms. The first-order valence-corrected chi connectivity index (χ1v) is 12.0. The second-order valence-electron chi connectivity index (χ2n) is 8.74. The fraction of sp³-hybridized carbons (Fsp3) is 0.214. The predicted molar refractivity (Wildman–Crippen MR) is 139 cm³/mol. The minimum atomic E-state index is -0.420. The molecule has 0 aliphatic carbocycles. The van der Waals surface area contributed by atoms with Gasteiger partial charge in [0.05, 0.1) is 11.8 Å². The van der Waals surface area contributed by atoms with Gasteiger partial charge in [-0.15, -0.1) is 0 Å². The molecule has 1 fully saturated rings. The lowest BCUT2D eigenvalue weighted by Crippen LogP contribution is -2.49. The zero-order chi connectivity index (χ0) is 24.9. The molecule has 0 radical (unpaired) electrons. The van der Waals surface area contributed by atoms with Gasteiger partial charge in [-0.3, -0.25) is 18.8 Å². The Morgan fingerprint density at radius 2 is 1.56 bits per heavy atom. The van der Waals surface area contributed by atoms with E-state index in [0.29, 0.717) is 25.1 Å². The predicted octanol–water partition coefficient (Wildman–Crippen LogP) is 3.23. The van der Waals surface area contributed by atoms with E-state index >= 15 is 0 Å². The first-order valence-electron chi connectivity index (χ1n) is 12.0. The average molecular weight is 482 g/mol. The van der Waals surface area contributed by atoms with E-state index in [1.807, 2.05) is 48.5 Å². The van der Waals surface area contributed by atoms with Gasteiger partial charge in [0.1, 0.15) is 5.69 Å². The van der Waals surface area contributed by atoms with Gasteiger partial charge in [-0.1, -0.05) is 48.5 Å². The molecule has 5 rings (SSSR count). The number of rotatable bonds is 6. The number of nitrogens with zero attached hydrogens (tertiary/aromatic N) is 4. The van der Waals surface area contributed by atoms with E-state index < -0.39 is 5.56 Å². The third kappa shape index (κ3) is 4.98. The van der Waals surface area contributed by atoms with Gasteiger partial charge in [0.25, 0.3) is 11.5 Å². The summed E-state index contributed by atoms with van der Waals surface area (Å²) in [6, 6.07) is 23.2. The second-order valence-corrected chi connectivity index (χ2v) is 8.74. The largest absolute Gasteiger partial charge is 0.368 e. The Bertz CT molecular complexity index is 1430. The fourth-order valence-electron chi connectivity index (χ4n) is 4.45. The quantitative estimate of drug-likeness (QED) is 0.457. The average Bonchev–Trinajstić information content (AvgIpc) is 2.94. The van der Waals surface area contributed by atoms with Gasteiger partial charge >= 0.3 is 0 Å². The molecule has 2 aromatic heterocycles.